The minimum absolute atomic E-state index is 0.00490. The maximum atomic E-state index is 12.3. The molecule has 2 heterocycles. The van der Waals surface area contributed by atoms with Crippen molar-refractivity contribution in [3.8, 4) is 0 Å². The van der Waals surface area contributed by atoms with Crippen molar-refractivity contribution in [2.24, 2.45) is 5.10 Å². The van der Waals surface area contributed by atoms with E-state index in [9.17, 15) is 4.79 Å². The smallest absolute Gasteiger partial charge is 0.226 e. The molecule has 1 atom stereocenters. The van der Waals surface area contributed by atoms with Gasteiger partial charge in [-0.05, 0) is 25.2 Å². The summed E-state index contributed by atoms with van der Waals surface area (Å²) in [6.07, 6.45) is 1.17. The third-order valence-electron chi connectivity index (χ3n) is 4.35. The monoisotopic (exact) mass is 369 g/mol. The van der Waals surface area contributed by atoms with E-state index in [1.165, 1.54) is 0 Å². The molecule has 0 bridgehead atoms. The fourth-order valence-electron chi connectivity index (χ4n) is 2.89. The molecule has 0 aliphatic carbocycles. The number of hydrazone groups is 1. The molecule has 1 saturated heterocycles. The Morgan fingerprint density at radius 2 is 2.21 bits per heavy atom. The van der Waals surface area contributed by atoms with Crippen molar-refractivity contribution in [3.63, 3.8) is 0 Å². The minimum atomic E-state index is 0.00490. The fraction of sp³-hybridized carbons (Fsp3) is 0.500. The van der Waals surface area contributed by atoms with E-state index in [-0.39, 0.29) is 11.9 Å². The zero-order valence-corrected chi connectivity index (χ0v) is 15.1. The van der Waals surface area contributed by atoms with Gasteiger partial charge in [0.25, 0.3) is 0 Å². The molecule has 2 N–H and O–H groups in total. The number of piperazine rings is 1. The van der Waals surface area contributed by atoms with E-state index in [4.69, 9.17) is 23.2 Å². The molecule has 1 amide bonds. The molecule has 1 aromatic carbocycles. The van der Waals surface area contributed by atoms with Gasteiger partial charge in [-0.2, -0.15) is 5.10 Å². The van der Waals surface area contributed by atoms with E-state index >= 15 is 0 Å². The molecule has 6 nitrogen and oxygen atoms in total. The molecule has 0 saturated carbocycles. The molecule has 24 heavy (non-hydrogen) atoms. The predicted molar refractivity (Wildman–Crippen MR) is 97.9 cm³/mol. The van der Waals surface area contributed by atoms with Crippen LogP contribution in [0.15, 0.2) is 23.3 Å². The summed E-state index contributed by atoms with van der Waals surface area (Å²) in [5.74, 6) is 0.697. The van der Waals surface area contributed by atoms with E-state index in [0.717, 1.165) is 25.3 Å². The summed E-state index contributed by atoms with van der Waals surface area (Å²) in [6, 6.07) is 5.62. The molecule has 3 rings (SSSR count). The highest BCUT2D eigenvalue weighted by atomic mass is 35.5. The van der Waals surface area contributed by atoms with Crippen LogP contribution in [0.5, 0.6) is 0 Å². The van der Waals surface area contributed by atoms with Gasteiger partial charge in [0.2, 0.25) is 5.91 Å². The number of likely N-dealkylation sites (N-methyl/N-ethyl adjacent to an activating group) is 1. The zero-order chi connectivity index (χ0) is 17.1. The predicted octanol–water partition coefficient (Wildman–Crippen LogP) is 1.93. The summed E-state index contributed by atoms with van der Waals surface area (Å²) in [7, 11) is 2.05. The Morgan fingerprint density at radius 3 is 2.96 bits per heavy atom. The summed E-state index contributed by atoms with van der Waals surface area (Å²) < 4.78 is 0. The summed E-state index contributed by atoms with van der Waals surface area (Å²) in [6.45, 7) is 3.48. The number of nitrogens with zero attached hydrogens (tertiary/aromatic N) is 3. The molecule has 1 fully saturated rings. The van der Waals surface area contributed by atoms with E-state index in [0.29, 0.717) is 35.3 Å². The van der Waals surface area contributed by atoms with Gasteiger partial charge >= 0.3 is 0 Å². The van der Waals surface area contributed by atoms with Gasteiger partial charge in [0.05, 0.1) is 15.7 Å². The number of halogens is 2. The topological polar surface area (TPSA) is 60.0 Å². The second-order valence-electron chi connectivity index (χ2n) is 6.11. The van der Waals surface area contributed by atoms with Gasteiger partial charge in [0, 0.05) is 45.1 Å². The molecule has 8 heteroatoms. The second-order valence-corrected chi connectivity index (χ2v) is 6.92. The number of amides is 1. The van der Waals surface area contributed by atoms with Gasteiger partial charge in [0.15, 0.2) is 0 Å². The number of amidine groups is 1. The van der Waals surface area contributed by atoms with Crippen LogP contribution in [0.4, 0.5) is 5.69 Å². The van der Waals surface area contributed by atoms with Gasteiger partial charge in [0.1, 0.15) is 5.84 Å². The van der Waals surface area contributed by atoms with E-state index in [2.05, 4.69) is 27.7 Å². The van der Waals surface area contributed by atoms with Crippen molar-refractivity contribution >= 4 is 40.6 Å². The lowest BCUT2D eigenvalue weighted by Crippen LogP contribution is -2.51. The van der Waals surface area contributed by atoms with E-state index in [1.807, 2.05) is 11.1 Å². The molecule has 1 aromatic rings. The maximum absolute atomic E-state index is 12.3. The zero-order valence-electron chi connectivity index (χ0n) is 13.6. The number of rotatable bonds is 3. The largest absolute Gasteiger partial charge is 0.314 e. The summed E-state index contributed by atoms with van der Waals surface area (Å²) in [5.41, 5.74) is 0.866. The van der Waals surface area contributed by atoms with Crippen LogP contribution in [0.3, 0.4) is 0 Å². The van der Waals surface area contributed by atoms with Crippen molar-refractivity contribution in [1.29, 1.82) is 0 Å². The molecule has 0 aromatic heterocycles. The first kappa shape index (κ1) is 17.5. The Labute approximate surface area is 151 Å². The summed E-state index contributed by atoms with van der Waals surface area (Å²) >= 11 is 12.0. The quantitative estimate of drug-likeness (QED) is 0.854. The lowest BCUT2D eigenvalue weighted by Gasteiger charge is -2.32. The Kier molecular flexibility index (Phi) is 5.61. The molecular formula is C16H21Cl2N5O. The first-order valence-corrected chi connectivity index (χ1v) is 8.79. The lowest BCUT2D eigenvalue weighted by atomic mass is 10.1. The van der Waals surface area contributed by atoms with Crippen molar-refractivity contribution in [2.75, 3.05) is 38.2 Å². The van der Waals surface area contributed by atoms with Crippen molar-refractivity contribution in [1.82, 2.24) is 15.5 Å². The summed E-state index contributed by atoms with van der Waals surface area (Å²) in [5, 5.41) is 13.6. The van der Waals surface area contributed by atoms with Crippen LogP contribution >= 0.6 is 23.2 Å². The number of hydrogen-bond donors (Lipinski definition) is 2. The van der Waals surface area contributed by atoms with Crippen LogP contribution in [0.2, 0.25) is 10.0 Å². The van der Waals surface area contributed by atoms with Gasteiger partial charge < -0.3 is 15.5 Å². The molecule has 0 spiro atoms. The van der Waals surface area contributed by atoms with Gasteiger partial charge in [-0.1, -0.05) is 23.2 Å². The SMILES string of the molecule is CN1CCNCC1CC(=O)NC1=NN(c2ccc(Cl)c(Cl)c2)CC1. The third-order valence-corrected chi connectivity index (χ3v) is 5.09. The highest BCUT2D eigenvalue weighted by Gasteiger charge is 2.23. The fourth-order valence-corrected chi connectivity index (χ4v) is 3.19. The highest BCUT2D eigenvalue weighted by Crippen LogP contribution is 2.28. The Hall–Kier alpha value is -1.34. The molecule has 0 radical (unpaired) electrons. The average Bonchev–Trinajstić information content (AvgIpc) is 3.00. The van der Waals surface area contributed by atoms with Crippen LogP contribution in [-0.4, -0.2) is 55.9 Å². The average molecular weight is 370 g/mol. The van der Waals surface area contributed by atoms with Crippen LogP contribution in [0, 0.1) is 0 Å². The third kappa shape index (κ3) is 4.19. The number of carbonyl (C=O) groups excluding carboxylic acids is 1. The van der Waals surface area contributed by atoms with Crippen molar-refractivity contribution in [3.05, 3.63) is 28.2 Å². The lowest BCUT2D eigenvalue weighted by molar-refractivity contribution is -0.121. The van der Waals surface area contributed by atoms with Crippen molar-refractivity contribution in [2.45, 2.75) is 18.9 Å². The molecular weight excluding hydrogens is 349 g/mol. The Balaban J connectivity index is 1.57. The number of anilines is 1. The molecule has 130 valence electrons. The van der Waals surface area contributed by atoms with Crippen LogP contribution in [0.25, 0.3) is 0 Å². The van der Waals surface area contributed by atoms with E-state index in [1.54, 1.807) is 12.1 Å². The highest BCUT2D eigenvalue weighted by molar-refractivity contribution is 6.42. The number of hydrogen-bond acceptors (Lipinski definition) is 5. The molecule has 2 aliphatic heterocycles. The standard InChI is InChI=1S/C16H21Cl2N5O/c1-22-7-5-19-10-12(22)9-16(24)20-15-4-6-23(21-15)11-2-3-13(17)14(18)8-11/h2-3,8,12,19H,4-7,9-10H2,1H3,(H,20,21,24). The number of nitrogens with one attached hydrogen (secondary N) is 2. The number of carbonyl (C=O) groups is 1. The minimum Gasteiger partial charge on any atom is -0.314 e. The first-order valence-electron chi connectivity index (χ1n) is 8.04. The maximum Gasteiger partial charge on any atom is 0.226 e. The van der Waals surface area contributed by atoms with Crippen LogP contribution in [0.1, 0.15) is 12.8 Å². The summed E-state index contributed by atoms with van der Waals surface area (Å²) in [4.78, 5) is 14.5. The van der Waals surface area contributed by atoms with Gasteiger partial charge in [-0.15, -0.1) is 0 Å². The number of benzene rings is 1. The molecule has 2 aliphatic rings. The van der Waals surface area contributed by atoms with Crippen molar-refractivity contribution < 1.29 is 4.79 Å². The Morgan fingerprint density at radius 1 is 1.38 bits per heavy atom. The second kappa shape index (κ2) is 7.70. The van der Waals surface area contributed by atoms with Gasteiger partial charge in [-0.3, -0.25) is 9.80 Å². The Bertz CT molecular complexity index is 651. The molecule has 1 unspecified atom stereocenters. The first-order chi connectivity index (χ1) is 11.5. The van der Waals surface area contributed by atoms with E-state index < -0.39 is 0 Å². The van der Waals surface area contributed by atoms with Crippen LogP contribution in [-0.2, 0) is 4.79 Å². The van der Waals surface area contributed by atoms with Crippen LogP contribution < -0.4 is 15.6 Å². The normalized spacial score (nSPS) is 21.7. The van der Waals surface area contributed by atoms with Gasteiger partial charge in [-0.25, -0.2) is 0 Å².